The first kappa shape index (κ1) is 24.1. The van der Waals surface area contributed by atoms with Gasteiger partial charge in [0.2, 0.25) is 0 Å². The summed E-state index contributed by atoms with van der Waals surface area (Å²) in [7, 11) is 0. The topological polar surface area (TPSA) is 23.5 Å². The van der Waals surface area contributed by atoms with E-state index in [1.807, 2.05) is 6.07 Å². The fraction of sp³-hybridized carbons (Fsp3) is 0.0526. The molecule has 0 heterocycles. The van der Waals surface area contributed by atoms with Crippen LogP contribution in [0.2, 0.25) is 0 Å². The van der Waals surface area contributed by atoms with Gasteiger partial charge in [0.1, 0.15) is 0 Å². The van der Waals surface area contributed by atoms with Gasteiger partial charge < -0.3 is 10.0 Å². The lowest BCUT2D eigenvalue weighted by Crippen LogP contribution is -2.29. The highest BCUT2D eigenvalue weighted by molar-refractivity contribution is 5.89. The number of aliphatic hydroxyl groups excluding tert-OH is 1. The summed E-state index contributed by atoms with van der Waals surface area (Å²) in [5.41, 5.74) is 11.0. The van der Waals surface area contributed by atoms with E-state index < -0.39 is 5.41 Å². The van der Waals surface area contributed by atoms with Gasteiger partial charge >= 0.3 is 0 Å². The van der Waals surface area contributed by atoms with Gasteiger partial charge in [0.05, 0.1) is 12.0 Å². The van der Waals surface area contributed by atoms with E-state index in [9.17, 15) is 5.11 Å². The lowest BCUT2D eigenvalue weighted by atomic mass is 9.67. The van der Waals surface area contributed by atoms with Crippen molar-refractivity contribution in [2.75, 3.05) is 4.90 Å². The molecule has 0 saturated heterocycles. The van der Waals surface area contributed by atoms with E-state index in [-0.39, 0.29) is 6.61 Å². The number of para-hydroxylation sites is 2. The lowest BCUT2D eigenvalue weighted by Gasteiger charge is -2.35. The molecular weight excluding hydrogens is 486 g/mol. The molecule has 6 aromatic carbocycles. The van der Waals surface area contributed by atoms with Gasteiger partial charge in [0, 0.05) is 17.1 Å². The molecule has 192 valence electrons. The summed E-state index contributed by atoms with van der Waals surface area (Å²) in [5.74, 6) is 0. The smallest absolute Gasteiger partial charge is 0.0714 e. The molecule has 2 heteroatoms. The van der Waals surface area contributed by atoms with Gasteiger partial charge in [-0.3, -0.25) is 0 Å². The molecule has 0 radical (unpaired) electrons. The van der Waals surface area contributed by atoms with Crippen molar-refractivity contribution in [1.29, 1.82) is 0 Å². The molecule has 0 amide bonds. The van der Waals surface area contributed by atoms with Gasteiger partial charge in [0.15, 0.2) is 0 Å². The fourth-order valence-electron chi connectivity index (χ4n) is 6.36. The van der Waals surface area contributed by atoms with Crippen LogP contribution in [0.1, 0.15) is 27.8 Å². The number of hydrogen-bond donors (Lipinski definition) is 1. The first-order valence-electron chi connectivity index (χ1n) is 13.7. The molecular formula is C38H29NO. The minimum atomic E-state index is -0.534. The minimum absolute atomic E-state index is 0.00429. The Morgan fingerprint density at radius 1 is 0.450 bits per heavy atom. The average molecular weight is 516 g/mol. The maximum Gasteiger partial charge on any atom is 0.0714 e. The van der Waals surface area contributed by atoms with Gasteiger partial charge in [-0.15, -0.1) is 0 Å². The van der Waals surface area contributed by atoms with E-state index in [1.54, 1.807) is 0 Å². The van der Waals surface area contributed by atoms with Crippen molar-refractivity contribution in [3.8, 4) is 11.1 Å². The van der Waals surface area contributed by atoms with E-state index in [1.165, 1.54) is 33.4 Å². The molecule has 6 aromatic rings. The van der Waals surface area contributed by atoms with Gasteiger partial charge in [-0.2, -0.15) is 0 Å². The molecule has 0 aliphatic heterocycles. The zero-order valence-corrected chi connectivity index (χ0v) is 22.1. The lowest BCUT2D eigenvalue weighted by molar-refractivity contribution is 0.281. The quantitative estimate of drug-likeness (QED) is 0.239. The van der Waals surface area contributed by atoms with Crippen molar-refractivity contribution in [2.24, 2.45) is 0 Å². The van der Waals surface area contributed by atoms with Crippen LogP contribution in [-0.4, -0.2) is 5.11 Å². The third-order valence-electron chi connectivity index (χ3n) is 8.07. The van der Waals surface area contributed by atoms with E-state index in [2.05, 4.69) is 157 Å². The van der Waals surface area contributed by atoms with Crippen LogP contribution >= 0.6 is 0 Å². The number of anilines is 3. The summed E-state index contributed by atoms with van der Waals surface area (Å²) in [4.78, 5) is 2.32. The minimum Gasteiger partial charge on any atom is -0.392 e. The Hall–Kier alpha value is -4.92. The van der Waals surface area contributed by atoms with Crippen LogP contribution in [0.3, 0.4) is 0 Å². The van der Waals surface area contributed by atoms with Crippen LogP contribution in [0.15, 0.2) is 158 Å². The SMILES string of the molecule is OCc1ccc2c(c1)C(c1ccccc1)(c1ccccc1)c1cc(N(c3ccccc3)c3ccccc3)ccc1-2. The second-order valence-electron chi connectivity index (χ2n) is 10.3. The third-order valence-corrected chi connectivity index (χ3v) is 8.07. The largest absolute Gasteiger partial charge is 0.392 e. The summed E-state index contributed by atoms with van der Waals surface area (Å²) >= 11 is 0. The van der Waals surface area contributed by atoms with Crippen molar-refractivity contribution in [1.82, 2.24) is 0 Å². The van der Waals surface area contributed by atoms with Crippen LogP contribution in [-0.2, 0) is 12.0 Å². The van der Waals surface area contributed by atoms with Crippen molar-refractivity contribution in [2.45, 2.75) is 12.0 Å². The number of nitrogens with zero attached hydrogens (tertiary/aromatic N) is 1. The van der Waals surface area contributed by atoms with E-state index in [0.29, 0.717) is 0 Å². The summed E-state index contributed by atoms with van der Waals surface area (Å²) < 4.78 is 0. The Bertz CT molecular complexity index is 1680. The molecule has 40 heavy (non-hydrogen) atoms. The normalized spacial score (nSPS) is 12.9. The summed E-state index contributed by atoms with van der Waals surface area (Å²) in [6, 6.07) is 55.9. The van der Waals surface area contributed by atoms with Gasteiger partial charge in [-0.1, -0.05) is 121 Å². The number of hydrogen-bond acceptors (Lipinski definition) is 2. The van der Waals surface area contributed by atoms with Crippen LogP contribution in [0.5, 0.6) is 0 Å². The Morgan fingerprint density at radius 3 is 1.40 bits per heavy atom. The second kappa shape index (κ2) is 10.00. The fourth-order valence-corrected chi connectivity index (χ4v) is 6.36. The molecule has 1 aliphatic carbocycles. The first-order chi connectivity index (χ1) is 19.8. The summed E-state index contributed by atoms with van der Waals surface area (Å²) in [5, 5.41) is 10.2. The van der Waals surface area contributed by atoms with E-state index in [4.69, 9.17) is 0 Å². The van der Waals surface area contributed by atoms with Crippen LogP contribution in [0.4, 0.5) is 17.1 Å². The van der Waals surface area contributed by atoms with Gasteiger partial charge in [0.25, 0.3) is 0 Å². The van der Waals surface area contributed by atoms with Crippen molar-refractivity contribution in [3.05, 3.63) is 186 Å². The molecule has 0 atom stereocenters. The molecule has 0 bridgehead atoms. The van der Waals surface area contributed by atoms with Crippen molar-refractivity contribution >= 4 is 17.1 Å². The molecule has 0 saturated carbocycles. The average Bonchev–Trinajstić information content (AvgIpc) is 3.33. The molecule has 0 unspecified atom stereocenters. The second-order valence-corrected chi connectivity index (χ2v) is 10.3. The summed E-state index contributed by atoms with van der Waals surface area (Å²) in [6.07, 6.45) is 0. The predicted octanol–water partition coefficient (Wildman–Crippen LogP) is 9.01. The van der Waals surface area contributed by atoms with Crippen LogP contribution in [0, 0.1) is 0 Å². The van der Waals surface area contributed by atoms with E-state index in [0.717, 1.165) is 22.6 Å². The zero-order chi connectivity index (χ0) is 26.9. The first-order valence-corrected chi connectivity index (χ1v) is 13.7. The molecule has 2 nitrogen and oxygen atoms in total. The third kappa shape index (κ3) is 3.77. The molecule has 1 N–H and O–H groups in total. The number of fused-ring (bicyclic) bond motifs is 3. The molecule has 1 aliphatic rings. The number of aliphatic hydroxyl groups is 1. The highest BCUT2D eigenvalue weighted by atomic mass is 16.3. The molecule has 0 fully saturated rings. The Balaban J connectivity index is 1.56. The predicted molar refractivity (Wildman–Crippen MR) is 164 cm³/mol. The van der Waals surface area contributed by atoms with Gasteiger partial charge in [-0.05, 0) is 75.3 Å². The van der Waals surface area contributed by atoms with E-state index >= 15 is 0 Å². The Morgan fingerprint density at radius 2 is 0.900 bits per heavy atom. The molecule has 0 spiro atoms. The zero-order valence-electron chi connectivity index (χ0n) is 22.1. The molecule has 0 aromatic heterocycles. The maximum absolute atomic E-state index is 10.2. The Labute approximate surface area is 235 Å². The number of rotatable bonds is 6. The maximum atomic E-state index is 10.2. The summed E-state index contributed by atoms with van der Waals surface area (Å²) in [6.45, 7) is 0.00429. The monoisotopic (exact) mass is 515 g/mol. The van der Waals surface area contributed by atoms with Crippen molar-refractivity contribution < 1.29 is 5.11 Å². The highest BCUT2D eigenvalue weighted by Crippen LogP contribution is 2.57. The highest BCUT2D eigenvalue weighted by Gasteiger charge is 2.46. The van der Waals surface area contributed by atoms with Crippen molar-refractivity contribution in [3.63, 3.8) is 0 Å². The van der Waals surface area contributed by atoms with Crippen LogP contribution in [0.25, 0.3) is 11.1 Å². The number of benzene rings is 6. The standard InChI is InChI=1S/C38H29NO/c40-27-28-21-23-34-35-24-22-33(39(31-17-9-3-10-18-31)32-19-11-4-12-20-32)26-37(35)38(36(34)25-28,29-13-5-1-6-14-29)30-15-7-2-8-16-30/h1-26,40H,27H2. The molecule has 7 rings (SSSR count). The van der Waals surface area contributed by atoms with Crippen LogP contribution < -0.4 is 4.90 Å². The van der Waals surface area contributed by atoms with Gasteiger partial charge in [-0.25, -0.2) is 0 Å². The Kier molecular flexibility index (Phi) is 6.03.